The van der Waals surface area contributed by atoms with Gasteiger partial charge in [-0.2, -0.15) is 9.97 Å². The topological polar surface area (TPSA) is 107 Å². The van der Waals surface area contributed by atoms with E-state index in [-0.39, 0.29) is 6.03 Å². The van der Waals surface area contributed by atoms with E-state index in [1.807, 2.05) is 65.7 Å². The van der Waals surface area contributed by atoms with Crippen LogP contribution in [0.15, 0.2) is 60.8 Å². The first-order chi connectivity index (χ1) is 16.2. The van der Waals surface area contributed by atoms with Crippen LogP contribution in [-0.4, -0.2) is 46.1 Å². The third-order valence-corrected chi connectivity index (χ3v) is 5.53. The number of ether oxygens (including phenoxy) is 1. The summed E-state index contributed by atoms with van der Waals surface area (Å²) in [5.74, 6) is 1.89. The van der Waals surface area contributed by atoms with E-state index in [1.165, 1.54) is 0 Å². The monoisotopic (exact) mass is 443 g/mol. The van der Waals surface area contributed by atoms with Crippen molar-refractivity contribution in [3.63, 3.8) is 0 Å². The molecule has 0 spiro atoms. The summed E-state index contributed by atoms with van der Waals surface area (Å²) in [5, 5.41) is 10.4. The Morgan fingerprint density at radius 1 is 0.970 bits per heavy atom. The summed E-state index contributed by atoms with van der Waals surface area (Å²) in [5.41, 5.74) is 3.08. The molecule has 0 radical (unpaired) electrons. The summed E-state index contributed by atoms with van der Waals surface area (Å²) in [6, 6.07) is 17.0. The number of H-pyrrole nitrogens is 1. The Labute approximate surface area is 191 Å². The number of anilines is 5. The second kappa shape index (κ2) is 9.07. The van der Waals surface area contributed by atoms with E-state index in [1.54, 1.807) is 7.11 Å². The van der Waals surface area contributed by atoms with Crippen molar-refractivity contribution in [3.05, 3.63) is 60.8 Å². The minimum absolute atomic E-state index is 0.0697. The number of benzene rings is 2. The number of carbonyl (C=O) groups is 1. The van der Waals surface area contributed by atoms with E-state index in [0.29, 0.717) is 17.4 Å². The van der Waals surface area contributed by atoms with Gasteiger partial charge in [0.25, 0.3) is 0 Å². The average molecular weight is 444 g/mol. The van der Waals surface area contributed by atoms with Gasteiger partial charge in [-0.15, -0.1) is 0 Å². The first-order valence-corrected chi connectivity index (χ1v) is 10.9. The number of nitrogens with zero attached hydrogens (tertiary/aromatic N) is 3. The number of aromatic nitrogens is 3. The predicted octanol–water partition coefficient (Wildman–Crippen LogP) is 5.08. The maximum absolute atomic E-state index is 12.4. The number of methoxy groups -OCH3 is 1. The molecule has 1 aliphatic heterocycles. The van der Waals surface area contributed by atoms with Crippen LogP contribution in [0.4, 0.5) is 33.6 Å². The Morgan fingerprint density at radius 2 is 1.76 bits per heavy atom. The molecule has 1 fully saturated rings. The molecule has 2 aromatic carbocycles. The molecule has 0 aliphatic carbocycles. The number of fused-ring (bicyclic) bond motifs is 1. The molecule has 168 valence electrons. The summed E-state index contributed by atoms with van der Waals surface area (Å²) in [7, 11) is 1.64. The van der Waals surface area contributed by atoms with Crippen LogP contribution in [0.5, 0.6) is 5.75 Å². The molecule has 1 saturated heterocycles. The third-order valence-electron chi connectivity index (χ3n) is 5.53. The van der Waals surface area contributed by atoms with Crippen LogP contribution in [0.25, 0.3) is 11.0 Å². The molecule has 1 aliphatic rings. The molecular weight excluding hydrogens is 418 g/mol. The van der Waals surface area contributed by atoms with E-state index in [2.05, 4.69) is 30.9 Å². The second-order valence-electron chi connectivity index (χ2n) is 7.82. The molecule has 0 saturated carbocycles. The minimum atomic E-state index is -0.0697. The molecule has 5 rings (SSSR count). The maximum Gasteiger partial charge on any atom is 0.321 e. The number of carbonyl (C=O) groups excluding carboxylic acids is 1. The van der Waals surface area contributed by atoms with Gasteiger partial charge < -0.3 is 30.6 Å². The maximum atomic E-state index is 12.4. The Bertz CT molecular complexity index is 1260. The molecular formula is C24H25N7O2. The van der Waals surface area contributed by atoms with E-state index >= 15 is 0 Å². The van der Waals surface area contributed by atoms with E-state index < -0.39 is 0 Å². The van der Waals surface area contributed by atoms with Crippen molar-refractivity contribution in [1.29, 1.82) is 0 Å². The lowest BCUT2D eigenvalue weighted by Gasteiger charge is -2.16. The molecule has 4 aromatic rings. The molecule has 0 atom stereocenters. The van der Waals surface area contributed by atoms with Gasteiger partial charge in [0, 0.05) is 36.3 Å². The van der Waals surface area contributed by atoms with Gasteiger partial charge in [-0.25, -0.2) is 4.79 Å². The largest absolute Gasteiger partial charge is 0.497 e. The number of nitrogens with one attached hydrogen (secondary N) is 4. The first-order valence-electron chi connectivity index (χ1n) is 10.9. The Balaban J connectivity index is 1.36. The van der Waals surface area contributed by atoms with E-state index in [0.717, 1.165) is 54.1 Å². The quantitative estimate of drug-likeness (QED) is 0.331. The van der Waals surface area contributed by atoms with Gasteiger partial charge in [-0.05, 0) is 61.4 Å². The van der Waals surface area contributed by atoms with E-state index in [9.17, 15) is 4.79 Å². The predicted molar refractivity (Wildman–Crippen MR) is 130 cm³/mol. The van der Waals surface area contributed by atoms with Crippen molar-refractivity contribution in [2.45, 2.75) is 12.8 Å². The van der Waals surface area contributed by atoms with Crippen molar-refractivity contribution in [3.8, 4) is 5.75 Å². The Morgan fingerprint density at radius 3 is 2.55 bits per heavy atom. The molecule has 2 amide bonds. The van der Waals surface area contributed by atoms with Crippen LogP contribution < -0.4 is 20.7 Å². The zero-order chi connectivity index (χ0) is 22.6. The van der Waals surface area contributed by atoms with E-state index in [4.69, 9.17) is 4.74 Å². The normalized spacial score (nSPS) is 13.2. The van der Waals surface area contributed by atoms with Gasteiger partial charge in [-0.1, -0.05) is 6.07 Å². The lowest BCUT2D eigenvalue weighted by Crippen LogP contribution is -2.32. The molecule has 0 bridgehead atoms. The van der Waals surface area contributed by atoms with Crippen molar-refractivity contribution < 1.29 is 9.53 Å². The lowest BCUT2D eigenvalue weighted by molar-refractivity contribution is 0.222. The van der Waals surface area contributed by atoms with Crippen LogP contribution in [0.2, 0.25) is 0 Å². The number of likely N-dealkylation sites (tertiary alicyclic amines) is 1. The smallest absolute Gasteiger partial charge is 0.321 e. The third kappa shape index (κ3) is 4.67. The lowest BCUT2D eigenvalue weighted by atomic mass is 10.2. The summed E-state index contributed by atoms with van der Waals surface area (Å²) < 4.78 is 5.23. The Kier molecular flexibility index (Phi) is 5.67. The summed E-state index contributed by atoms with van der Waals surface area (Å²) in [6.45, 7) is 1.61. The fraction of sp³-hybridized carbons (Fsp3) is 0.208. The Hall–Kier alpha value is -4.27. The zero-order valence-electron chi connectivity index (χ0n) is 18.3. The molecule has 3 heterocycles. The van der Waals surface area contributed by atoms with Gasteiger partial charge >= 0.3 is 6.03 Å². The minimum Gasteiger partial charge on any atom is -0.497 e. The van der Waals surface area contributed by atoms with Crippen LogP contribution in [-0.2, 0) is 0 Å². The number of amides is 2. The van der Waals surface area contributed by atoms with Gasteiger partial charge in [0.05, 0.1) is 12.5 Å². The second-order valence-corrected chi connectivity index (χ2v) is 7.82. The molecule has 4 N–H and O–H groups in total. The fourth-order valence-electron chi connectivity index (χ4n) is 3.83. The highest BCUT2D eigenvalue weighted by Gasteiger charge is 2.18. The number of urea groups is 1. The highest BCUT2D eigenvalue weighted by molar-refractivity contribution is 5.91. The fourth-order valence-corrected chi connectivity index (χ4v) is 3.83. The number of hydrogen-bond acceptors (Lipinski definition) is 6. The van der Waals surface area contributed by atoms with Crippen LogP contribution in [0, 0.1) is 0 Å². The first kappa shape index (κ1) is 20.6. The molecule has 0 unspecified atom stereocenters. The number of rotatable bonds is 6. The van der Waals surface area contributed by atoms with Crippen molar-refractivity contribution in [2.24, 2.45) is 0 Å². The van der Waals surface area contributed by atoms with Crippen molar-refractivity contribution >= 4 is 45.9 Å². The molecule has 9 nitrogen and oxygen atoms in total. The summed E-state index contributed by atoms with van der Waals surface area (Å²) in [4.78, 5) is 26.6. The highest BCUT2D eigenvalue weighted by Crippen LogP contribution is 2.27. The summed E-state index contributed by atoms with van der Waals surface area (Å²) in [6.07, 6.45) is 3.94. The highest BCUT2D eigenvalue weighted by atomic mass is 16.5. The van der Waals surface area contributed by atoms with Crippen LogP contribution >= 0.6 is 0 Å². The van der Waals surface area contributed by atoms with Gasteiger partial charge in [0.2, 0.25) is 5.95 Å². The molecule has 9 heteroatoms. The van der Waals surface area contributed by atoms with Crippen molar-refractivity contribution in [1.82, 2.24) is 19.9 Å². The van der Waals surface area contributed by atoms with Crippen LogP contribution in [0.1, 0.15) is 12.8 Å². The van der Waals surface area contributed by atoms with Crippen LogP contribution in [0.3, 0.4) is 0 Å². The average Bonchev–Trinajstić information content (AvgIpc) is 3.52. The van der Waals surface area contributed by atoms with Gasteiger partial charge in [-0.3, -0.25) is 0 Å². The molecule has 33 heavy (non-hydrogen) atoms. The molecule has 2 aromatic heterocycles. The van der Waals surface area contributed by atoms with Gasteiger partial charge in [0.1, 0.15) is 17.2 Å². The number of hydrogen-bond donors (Lipinski definition) is 4. The SMILES string of the molecule is COc1ccc(Nc2nc(Nc3cccc(NC(=O)N4CCCC4)c3)nc3[nH]ccc23)cc1. The standard InChI is InChI=1S/C24H25N7O2/c1-33-19-9-7-16(8-10-19)26-22-20-11-12-25-21(20)29-23(30-22)27-17-5-4-6-18(15-17)28-24(32)31-13-2-3-14-31/h4-12,15H,2-3,13-14H2,1H3,(H,28,32)(H3,25,26,27,29,30). The zero-order valence-corrected chi connectivity index (χ0v) is 18.3. The number of aromatic amines is 1. The van der Waals surface area contributed by atoms with Crippen molar-refractivity contribution in [2.75, 3.05) is 36.1 Å². The summed E-state index contributed by atoms with van der Waals surface area (Å²) >= 11 is 0. The van der Waals surface area contributed by atoms with Gasteiger partial charge in [0.15, 0.2) is 0 Å².